The van der Waals surface area contributed by atoms with Crippen LogP contribution in [0.1, 0.15) is 17.2 Å². The molecule has 0 aromatic heterocycles. The first-order valence-electron chi connectivity index (χ1n) is 5.20. The lowest BCUT2D eigenvalue weighted by Crippen LogP contribution is -2.17. The normalized spacial score (nSPS) is 17.4. The Morgan fingerprint density at radius 2 is 2.70 bits per heavy atom. The number of rotatable bonds is 1. The molecule has 1 aromatic rings. The average molecular weight is 140 g/mol. The topological polar surface area (TPSA) is 29.1 Å². The molecule has 0 aliphatic carbocycles. The van der Waals surface area contributed by atoms with Crippen molar-refractivity contribution in [1.29, 1.82) is 0 Å². The van der Waals surface area contributed by atoms with Crippen LogP contribution in [-0.2, 0) is 0 Å². The highest BCUT2D eigenvalue weighted by Crippen LogP contribution is 1.96. The van der Waals surface area contributed by atoms with Gasteiger partial charge in [-0.3, -0.25) is 4.79 Å². The van der Waals surface area contributed by atoms with Gasteiger partial charge in [0.05, 0.1) is 2.74 Å². The fourth-order valence-corrected chi connectivity index (χ4v) is 0.553. The van der Waals surface area contributed by atoms with Crippen LogP contribution in [0.25, 0.3) is 0 Å². The second-order valence-electron chi connectivity index (χ2n) is 1.66. The Hall–Kier alpha value is -1.31. The third-order valence-electron chi connectivity index (χ3n) is 1.01. The van der Waals surface area contributed by atoms with Gasteiger partial charge in [-0.1, -0.05) is 18.2 Å². The maximum Gasteiger partial charge on any atom is 0.251 e. The molecule has 2 heteroatoms. The van der Waals surface area contributed by atoms with Gasteiger partial charge in [0.25, 0.3) is 5.91 Å². The Labute approximate surface area is 66.9 Å². The SMILES string of the molecule is [2H]c1cccc(C(=O)NC([2H])([2H])[2H])c1[2H]. The summed E-state index contributed by atoms with van der Waals surface area (Å²) in [5, 5.41) is 1.76. The van der Waals surface area contributed by atoms with E-state index in [1.165, 1.54) is 18.2 Å². The van der Waals surface area contributed by atoms with Gasteiger partial charge in [-0.25, -0.2) is 0 Å². The first-order valence-corrected chi connectivity index (χ1v) is 2.70. The van der Waals surface area contributed by atoms with Gasteiger partial charge < -0.3 is 5.32 Å². The molecule has 0 heterocycles. The summed E-state index contributed by atoms with van der Waals surface area (Å²) in [5.74, 6) is -0.867. The Balaban J connectivity index is 2.97. The summed E-state index contributed by atoms with van der Waals surface area (Å²) in [6.45, 7) is -2.58. The molecule has 2 nitrogen and oxygen atoms in total. The van der Waals surface area contributed by atoms with Gasteiger partial charge in [0.1, 0.15) is 0 Å². The Bertz CT molecular complexity index is 387. The minimum Gasteiger partial charge on any atom is -0.355 e. The summed E-state index contributed by atoms with van der Waals surface area (Å²) in [6.07, 6.45) is 0. The van der Waals surface area contributed by atoms with Gasteiger partial charge in [0, 0.05) is 16.7 Å². The predicted molar refractivity (Wildman–Crippen MR) is 39.8 cm³/mol. The van der Waals surface area contributed by atoms with Crippen molar-refractivity contribution < 1.29 is 11.6 Å². The van der Waals surface area contributed by atoms with Crippen LogP contribution in [0.3, 0.4) is 0 Å². The van der Waals surface area contributed by atoms with E-state index < -0.39 is 12.9 Å². The highest BCUT2D eigenvalue weighted by atomic mass is 16.1. The molecule has 1 N–H and O–H groups in total. The van der Waals surface area contributed by atoms with Gasteiger partial charge in [0.2, 0.25) is 0 Å². The standard InChI is InChI=1S/C8H9NO/c1-9-8(10)7-5-3-2-4-6-7/h2-6H,1H3,(H,9,10)/i1D3,3D,5D. The van der Waals surface area contributed by atoms with Gasteiger partial charge >= 0.3 is 0 Å². The van der Waals surface area contributed by atoms with Crippen molar-refractivity contribution in [2.45, 2.75) is 0 Å². The summed E-state index contributed by atoms with van der Waals surface area (Å²) in [6, 6.07) is 3.69. The molecule has 1 rings (SSSR count). The summed E-state index contributed by atoms with van der Waals surface area (Å²) >= 11 is 0. The number of carbonyl (C=O) groups excluding carboxylic acids is 1. The lowest BCUT2D eigenvalue weighted by molar-refractivity contribution is 0.0963. The van der Waals surface area contributed by atoms with Crippen molar-refractivity contribution >= 4 is 5.91 Å². The smallest absolute Gasteiger partial charge is 0.251 e. The van der Waals surface area contributed by atoms with E-state index in [-0.39, 0.29) is 17.6 Å². The Morgan fingerprint density at radius 1 is 1.80 bits per heavy atom. The number of amides is 1. The van der Waals surface area contributed by atoms with E-state index in [2.05, 4.69) is 0 Å². The van der Waals surface area contributed by atoms with E-state index >= 15 is 0 Å². The van der Waals surface area contributed by atoms with Gasteiger partial charge in [-0.05, 0) is 12.1 Å². The van der Waals surface area contributed by atoms with Crippen LogP contribution in [-0.4, -0.2) is 12.9 Å². The Kier molecular flexibility index (Phi) is 0.826. The van der Waals surface area contributed by atoms with E-state index in [0.29, 0.717) is 0 Å². The highest BCUT2D eigenvalue weighted by Gasteiger charge is 1.97. The number of nitrogens with one attached hydrogen (secondary N) is 1. The molecule has 10 heavy (non-hydrogen) atoms. The van der Waals surface area contributed by atoms with E-state index in [1.54, 1.807) is 5.32 Å². The number of benzene rings is 1. The summed E-state index contributed by atoms with van der Waals surface area (Å²) < 4.78 is 35.2. The summed E-state index contributed by atoms with van der Waals surface area (Å²) in [7, 11) is 0. The zero-order chi connectivity index (χ0) is 11.6. The second kappa shape index (κ2) is 3.01. The first-order chi connectivity index (χ1) is 6.81. The van der Waals surface area contributed by atoms with E-state index in [0.717, 1.165) is 0 Å². The van der Waals surface area contributed by atoms with Crippen molar-refractivity contribution in [3.63, 3.8) is 0 Å². The number of carbonyl (C=O) groups is 1. The molecule has 0 aliphatic rings. The van der Waals surface area contributed by atoms with Crippen LogP contribution < -0.4 is 5.32 Å². The predicted octanol–water partition coefficient (Wildman–Crippen LogP) is 1.05. The molecule has 0 aliphatic heterocycles. The third kappa shape index (κ3) is 1.35. The molecule has 0 atom stereocenters. The lowest BCUT2D eigenvalue weighted by atomic mass is 10.2. The second-order valence-corrected chi connectivity index (χ2v) is 1.66. The highest BCUT2D eigenvalue weighted by molar-refractivity contribution is 5.93. The molecule has 0 saturated carbocycles. The van der Waals surface area contributed by atoms with Gasteiger partial charge in [0.15, 0.2) is 0 Å². The van der Waals surface area contributed by atoms with Crippen LogP contribution in [0, 0.1) is 0 Å². The van der Waals surface area contributed by atoms with E-state index in [9.17, 15) is 4.79 Å². The monoisotopic (exact) mass is 140 g/mol. The molecule has 0 radical (unpaired) electrons. The fourth-order valence-electron chi connectivity index (χ4n) is 0.553. The summed E-state index contributed by atoms with van der Waals surface area (Å²) in [4.78, 5) is 11.4. The van der Waals surface area contributed by atoms with Gasteiger partial charge in [-0.15, -0.1) is 0 Å². The molecule has 1 aromatic carbocycles. The van der Waals surface area contributed by atoms with Crippen molar-refractivity contribution in [2.75, 3.05) is 6.98 Å². The van der Waals surface area contributed by atoms with Crippen LogP contribution in [0.2, 0.25) is 0 Å². The zero-order valence-corrected chi connectivity index (χ0v) is 5.14. The first kappa shape index (κ1) is 2.74. The van der Waals surface area contributed by atoms with Crippen molar-refractivity contribution in [1.82, 2.24) is 5.32 Å². The van der Waals surface area contributed by atoms with Crippen LogP contribution in [0.5, 0.6) is 0 Å². The quantitative estimate of drug-likeness (QED) is 0.620. The Morgan fingerprint density at radius 3 is 3.50 bits per heavy atom. The molecule has 0 fully saturated rings. The third-order valence-corrected chi connectivity index (χ3v) is 1.01. The molecule has 0 spiro atoms. The number of hydrogen-bond acceptors (Lipinski definition) is 1. The maximum absolute atomic E-state index is 11.4. The lowest BCUT2D eigenvalue weighted by Gasteiger charge is -1.96. The number of hydrogen-bond donors (Lipinski definition) is 1. The van der Waals surface area contributed by atoms with Gasteiger partial charge in [-0.2, -0.15) is 0 Å². The van der Waals surface area contributed by atoms with Crippen molar-refractivity contribution in [3.8, 4) is 0 Å². The molecular weight excluding hydrogens is 126 g/mol. The minimum atomic E-state index is -2.58. The largest absolute Gasteiger partial charge is 0.355 e. The molecule has 0 unspecified atom stereocenters. The molecule has 0 bridgehead atoms. The average Bonchev–Trinajstić information content (AvgIpc) is 2.06. The maximum atomic E-state index is 11.4. The molecular formula is C8H9NO. The molecule has 0 saturated heterocycles. The van der Waals surface area contributed by atoms with Crippen molar-refractivity contribution in [3.05, 3.63) is 35.8 Å². The summed E-state index contributed by atoms with van der Waals surface area (Å²) in [5.41, 5.74) is -0.112. The minimum absolute atomic E-state index is 0.112. The van der Waals surface area contributed by atoms with Crippen LogP contribution in [0.15, 0.2) is 30.3 Å². The zero-order valence-electron chi connectivity index (χ0n) is 10.1. The fraction of sp³-hybridized carbons (Fsp3) is 0.125. The van der Waals surface area contributed by atoms with E-state index in [4.69, 9.17) is 6.85 Å². The van der Waals surface area contributed by atoms with Crippen molar-refractivity contribution in [2.24, 2.45) is 0 Å². The molecule has 1 amide bonds. The van der Waals surface area contributed by atoms with Crippen LogP contribution >= 0.6 is 0 Å². The molecule has 52 valence electrons. The van der Waals surface area contributed by atoms with E-state index in [1.807, 2.05) is 0 Å². The van der Waals surface area contributed by atoms with Crippen LogP contribution in [0.4, 0.5) is 0 Å².